The summed E-state index contributed by atoms with van der Waals surface area (Å²) in [6.45, 7) is -0.756. The molecule has 0 atom stereocenters. The molecule has 0 aromatic heterocycles. The van der Waals surface area contributed by atoms with Crippen LogP contribution in [-0.2, 0) is 14.3 Å². The first-order chi connectivity index (χ1) is 13.5. The standard InChI is InChI=1S/C19H21N3O6/c23-15(21-19(27)20-12-5-1-2-6-12)11-28-16(24)9-10-22-17(25)13-7-3-4-8-14(13)18(22)26/h3-4,7-8,12H,1-2,5-6,9-11H2,(H2,20,21,23,27). The Hall–Kier alpha value is -3.23. The average molecular weight is 387 g/mol. The number of esters is 1. The minimum Gasteiger partial charge on any atom is -0.456 e. The summed E-state index contributed by atoms with van der Waals surface area (Å²) in [5, 5.41) is 4.79. The smallest absolute Gasteiger partial charge is 0.321 e. The molecular formula is C19H21N3O6. The summed E-state index contributed by atoms with van der Waals surface area (Å²) in [5.41, 5.74) is 0.599. The Labute approximate surface area is 161 Å². The maximum Gasteiger partial charge on any atom is 0.321 e. The van der Waals surface area contributed by atoms with Crippen LogP contribution in [0, 0.1) is 0 Å². The molecule has 1 aliphatic carbocycles. The molecular weight excluding hydrogens is 366 g/mol. The quantitative estimate of drug-likeness (QED) is 0.554. The Morgan fingerprint density at radius 2 is 1.64 bits per heavy atom. The van der Waals surface area contributed by atoms with Gasteiger partial charge in [-0.3, -0.25) is 29.4 Å². The van der Waals surface area contributed by atoms with Crippen molar-refractivity contribution in [2.75, 3.05) is 13.2 Å². The maximum atomic E-state index is 12.2. The highest BCUT2D eigenvalue weighted by Gasteiger charge is 2.35. The number of nitrogens with zero attached hydrogens (tertiary/aromatic N) is 1. The van der Waals surface area contributed by atoms with E-state index in [0.717, 1.165) is 30.6 Å². The number of hydrogen-bond donors (Lipinski definition) is 2. The van der Waals surface area contributed by atoms with Gasteiger partial charge in [0.2, 0.25) is 0 Å². The molecule has 1 heterocycles. The minimum absolute atomic E-state index is 0.0648. The number of imide groups is 2. The molecule has 0 saturated heterocycles. The summed E-state index contributed by atoms with van der Waals surface area (Å²) >= 11 is 0. The van der Waals surface area contributed by atoms with Gasteiger partial charge in [-0.05, 0) is 25.0 Å². The van der Waals surface area contributed by atoms with E-state index in [1.165, 1.54) is 0 Å². The van der Waals surface area contributed by atoms with Crippen molar-refractivity contribution >= 4 is 29.7 Å². The number of hydrogen-bond acceptors (Lipinski definition) is 6. The molecule has 0 bridgehead atoms. The molecule has 28 heavy (non-hydrogen) atoms. The Morgan fingerprint density at radius 1 is 1.04 bits per heavy atom. The van der Waals surface area contributed by atoms with Gasteiger partial charge in [0.25, 0.3) is 17.7 Å². The molecule has 9 nitrogen and oxygen atoms in total. The van der Waals surface area contributed by atoms with E-state index in [9.17, 15) is 24.0 Å². The number of rotatable bonds is 6. The lowest BCUT2D eigenvalue weighted by Gasteiger charge is -2.14. The molecule has 2 aliphatic rings. The van der Waals surface area contributed by atoms with Gasteiger partial charge in [-0.25, -0.2) is 4.79 Å². The third kappa shape index (κ3) is 4.54. The number of nitrogens with one attached hydrogen (secondary N) is 2. The third-order valence-corrected chi connectivity index (χ3v) is 4.73. The van der Waals surface area contributed by atoms with Gasteiger partial charge in [-0.15, -0.1) is 0 Å². The fraction of sp³-hybridized carbons (Fsp3) is 0.421. The van der Waals surface area contributed by atoms with Gasteiger partial charge in [-0.2, -0.15) is 0 Å². The average Bonchev–Trinajstić information content (AvgIpc) is 3.26. The zero-order valence-corrected chi connectivity index (χ0v) is 15.2. The first-order valence-corrected chi connectivity index (χ1v) is 9.17. The van der Waals surface area contributed by atoms with Crippen molar-refractivity contribution < 1.29 is 28.7 Å². The number of ether oxygens (including phenoxy) is 1. The molecule has 1 aromatic carbocycles. The number of amides is 5. The van der Waals surface area contributed by atoms with Gasteiger partial charge in [0.1, 0.15) is 0 Å². The van der Waals surface area contributed by atoms with E-state index >= 15 is 0 Å². The normalized spacial score (nSPS) is 16.1. The highest BCUT2D eigenvalue weighted by atomic mass is 16.5. The van der Waals surface area contributed by atoms with Crippen LogP contribution in [0.1, 0.15) is 52.8 Å². The third-order valence-electron chi connectivity index (χ3n) is 4.73. The van der Waals surface area contributed by atoms with Crippen LogP contribution in [0.2, 0.25) is 0 Å². The van der Waals surface area contributed by atoms with Gasteiger partial charge in [0.05, 0.1) is 17.5 Å². The SMILES string of the molecule is O=C(COC(=O)CCN1C(=O)c2ccccc2C1=O)NC(=O)NC1CCCC1. The monoisotopic (exact) mass is 387 g/mol. The fourth-order valence-corrected chi connectivity index (χ4v) is 3.32. The predicted octanol–water partition coefficient (Wildman–Crippen LogP) is 0.984. The Bertz CT molecular complexity index is 781. The highest BCUT2D eigenvalue weighted by molar-refractivity contribution is 6.21. The van der Waals surface area contributed by atoms with Crippen molar-refractivity contribution in [2.24, 2.45) is 0 Å². The molecule has 0 unspecified atom stereocenters. The van der Waals surface area contributed by atoms with Crippen LogP contribution in [0.15, 0.2) is 24.3 Å². The van der Waals surface area contributed by atoms with Crippen molar-refractivity contribution in [3.05, 3.63) is 35.4 Å². The molecule has 1 aromatic rings. The van der Waals surface area contributed by atoms with Crippen LogP contribution in [0.4, 0.5) is 4.79 Å². The van der Waals surface area contributed by atoms with Crippen LogP contribution >= 0.6 is 0 Å². The van der Waals surface area contributed by atoms with Crippen LogP contribution in [0.5, 0.6) is 0 Å². The number of carbonyl (C=O) groups is 5. The number of benzene rings is 1. The molecule has 1 fully saturated rings. The van der Waals surface area contributed by atoms with E-state index in [4.69, 9.17) is 4.74 Å². The topological polar surface area (TPSA) is 122 Å². The number of urea groups is 1. The second-order valence-corrected chi connectivity index (χ2v) is 6.72. The van der Waals surface area contributed by atoms with Gasteiger partial charge in [-0.1, -0.05) is 25.0 Å². The van der Waals surface area contributed by atoms with Gasteiger partial charge in [0, 0.05) is 12.6 Å². The summed E-state index contributed by atoms with van der Waals surface area (Å²) < 4.78 is 4.80. The van der Waals surface area contributed by atoms with Gasteiger partial charge >= 0.3 is 12.0 Å². The lowest BCUT2D eigenvalue weighted by molar-refractivity contribution is -0.148. The summed E-state index contributed by atoms with van der Waals surface area (Å²) in [7, 11) is 0. The summed E-state index contributed by atoms with van der Waals surface area (Å²) in [6.07, 6.45) is 3.61. The fourth-order valence-electron chi connectivity index (χ4n) is 3.32. The van der Waals surface area contributed by atoms with Crippen LogP contribution < -0.4 is 10.6 Å². The Balaban J connectivity index is 1.38. The van der Waals surface area contributed by atoms with Crippen molar-refractivity contribution in [1.29, 1.82) is 0 Å². The molecule has 9 heteroatoms. The first kappa shape index (κ1) is 19.5. The summed E-state index contributed by atoms with van der Waals surface area (Å²) in [5.74, 6) is -2.42. The molecule has 1 aliphatic heterocycles. The second kappa shape index (κ2) is 8.64. The Kier molecular flexibility index (Phi) is 6.03. The Morgan fingerprint density at radius 3 is 2.25 bits per heavy atom. The highest BCUT2D eigenvalue weighted by Crippen LogP contribution is 2.22. The van der Waals surface area contributed by atoms with Gasteiger partial charge in [0.15, 0.2) is 6.61 Å². The number of fused-ring (bicyclic) bond motifs is 1. The van der Waals surface area contributed by atoms with E-state index in [-0.39, 0.29) is 19.0 Å². The van der Waals surface area contributed by atoms with Crippen LogP contribution in [0.25, 0.3) is 0 Å². The zero-order chi connectivity index (χ0) is 20.1. The van der Waals surface area contributed by atoms with Crippen LogP contribution in [0.3, 0.4) is 0 Å². The van der Waals surface area contributed by atoms with Crippen molar-refractivity contribution in [2.45, 2.75) is 38.1 Å². The molecule has 0 spiro atoms. The predicted molar refractivity (Wildman–Crippen MR) is 96.3 cm³/mol. The lowest BCUT2D eigenvalue weighted by atomic mass is 10.1. The van der Waals surface area contributed by atoms with Crippen molar-refractivity contribution in [3.8, 4) is 0 Å². The van der Waals surface area contributed by atoms with E-state index in [0.29, 0.717) is 11.1 Å². The first-order valence-electron chi connectivity index (χ1n) is 9.17. The van der Waals surface area contributed by atoms with E-state index in [1.807, 2.05) is 0 Å². The van der Waals surface area contributed by atoms with E-state index in [1.54, 1.807) is 24.3 Å². The molecule has 0 radical (unpaired) electrons. The molecule has 5 amide bonds. The molecule has 148 valence electrons. The summed E-state index contributed by atoms with van der Waals surface area (Å²) in [6, 6.07) is 5.87. The van der Waals surface area contributed by atoms with E-state index in [2.05, 4.69) is 10.6 Å². The van der Waals surface area contributed by atoms with Crippen molar-refractivity contribution in [1.82, 2.24) is 15.5 Å². The maximum absolute atomic E-state index is 12.2. The van der Waals surface area contributed by atoms with E-state index < -0.39 is 36.3 Å². The lowest BCUT2D eigenvalue weighted by Crippen LogP contribution is -2.45. The van der Waals surface area contributed by atoms with Crippen molar-refractivity contribution in [3.63, 3.8) is 0 Å². The molecule has 1 saturated carbocycles. The molecule has 2 N–H and O–H groups in total. The number of carbonyl (C=O) groups excluding carboxylic acids is 5. The zero-order valence-electron chi connectivity index (χ0n) is 15.2. The van der Waals surface area contributed by atoms with Crippen LogP contribution in [-0.4, -0.2) is 53.8 Å². The van der Waals surface area contributed by atoms with Gasteiger partial charge < -0.3 is 10.1 Å². The molecule has 3 rings (SSSR count). The second-order valence-electron chi connectivity index (χ2n) is 6.72. The minimum atomic E-state index is -0.747. The summed E-state index contributed by atoms with van der Waals surface area (Å²) in [4.78, 5) is 60.5. The largest absolute Gasteiger partial charge is 0.456 e.